The number of benzene rings is 1. The number of nitrogens with two attached hydrogens (primary N) is 1. The molecule has 8 heteroatoms. The molecule has 1 aromatic rings. The van der Waals surface area contributed by atoms with E-state index in [1.165, 1.54) is 0 Å². The van der Waals surface area contributed by atoms with E-state index < -0.39 is 5.92 Å². The number of nitrogens with zero attached hydrogens (tertiary/aromatic N) is 2. The van der Waals surface area contributed by atoms with Crippen LogP contribution in [-0.2, 0) is 9.59 Å². The lowest BCUT2D eigenvalue weighted by Crippen LogP contribution is -2.39. The number of hydrogen-bond donors (Lipinski definition) is 1. The molecule has 0 saturated carbocycles. The maximum absolute atomic E-state index is 12.6. The number of hydrogen-bond acceptors (Lipinski definition) is 3. The van der Waals surface area contributed by atoms with Gasteiger partial charge in [-0.1, -0.05) is 23.2 Å². The fourth-order valence-corrected chi connectivity index (χ4v) is 3.56. The number of halogens is 3. The molecule has 1 aromatic carbocycles. The van der Waals surface area contributed by atoms with E-state index in [0.717, 1.165) is 6.42 Å². The Morgan fingerprint density at radius 1 is 1.21 bits per heavy atom. The second kappa shape index (κ2) is 7.91. The zero-order valence-corrected chi connectivity index (χ0v) is 15.4. The van der Waals surface area contributed by atoms with Gasteiger partial charge in [0.15, 0.2) is 0 Å². The van der Waals surface area contributed by atoms with Crippen LogP contribution in [0.5, 0.6) is 0 Å². The maximum atomic E-state index is 12.6. The minimum atomic E-state index is -0.596. The van der Waals surface area contributed by atoms with Crippen molar-refractivity contribution in [3.05, 3.63) is 28.2 Å². The molecule has 2 saturated heterocycles. The average Bonchev–Trinajstić information content (AvgIpc) is 3.16. The van der Waals surface area contributed by atoms with Crippen molar-refractivity contribution in [1.82, 2.24) is 4.90 Å². The molecule has 132 valence electrons. The van der Waals surface area contributed by atoms with Crippen LogP contribution in [0.15, 0.2) is 18.2 Å². The lowest BCUT2D eigenvalue weighted by Gasteiger charge is -2.21. The Balaban J connectivity index is 0.00000208. The Morgan fingerprint density at radius 2 is 1.96 bits per heavy atom. The van der Waals surface area contributed by atoms with Crippen LogP contribution < -0.4 is 10.6 Å². The number of likely N-dealkylation sites (tertiary alicyclic amines) is 1. The van der Waals surface area contributed by atoms with Gasteiger partial charge in [0.05, 0.1) is 10.0 Å². The normalized spacial score (nSPS) is 23.5. The lowest BCUT2D eigenvalue weighted by molar-refractivity contribution is -0.139. The van der Waals surface area contributed by atoms with Crippen molar-refractivity contribution >= 4 is 53.1 Å². The molecule has 24 heavy (non-hydrogen) atoms. The zero-order chi connectivity index (χ0) is 16.6. The van der Waals surface area contributed by atoms with Gasteiger partial charge in [-0.2, -0.15) is 0 Å². The molecule has 0 spiro atoms. The molecular weight excluding hydrogens is 373 g/mol. The predicted octanol–water partition coefficient (Wildman–Crippen LogP) is 2.58. The van der Waals surface area contributed by atoms with Gasteiger partial charge in [0.25, 0.3) is 0 Å². The van der Waals surface area contributed by atoms with Crippen LogP contribution in [0.2, 0.25) is 10.0 Å². The molecule has 0 aliphatic carbocycles. The molecule has 3 rings (SSSR count). The van der Waals surface area contributed by atoms with Gasteiger partial charge < -0.3 is 15.5 Å². The molecule has 0 radical (unpaired) electrons. The first kappa shape index (κ1) is 19.3. The minimum absolute atomic E-state index is 0. The smallest absolute Gasteiger partial charge is 0.239 e. The van der Waals surface area contributed by atoms with Crippen LogP contribution in [0.4, 0.5) is 5.69 Å². The molecule has 2 aliphatic heterocycles. The summed E-state index contributed by atoms with van der Waals surface area (Å²) in [7, 11) is 0. The fourth-order valence-electron chi connectivity index (χ4n) is 3.26. The summed E-state index contributed by atoms with van der Waals surface area (Å²) in [6.07, 6.45) is 1.45. The monoisotopic (exact) mass is 391 g/mol. The Kier molecular flexibility index (Phi) is 6.37. The highest BCUT2D eigenvalue weighted by Gasteiger charge is 2.41. The van der Waals surface area contributed by atoms with Crippen LogP contribution >= 0.6 is 35.6 Å². The van der Waals surface area contributed by atoms with Gasteiger partial charge in [0.1, 0.15) is 5.92 Å². The Labute approximate surface area is 157 Å². The topological polar surface area (TPSA) is 66.6 Å². The van der Waals surface area contributed by atoms with Crippen molar-refractivity contribution < 1.29 is 9.59 Å². The summed E-state index contributed by atoms with van der Waals surface area (Å²) in [5.74, 6) is -0.485. The SMILES string of the molecule is Cl.NCC1CCN(C(=O)C2CCN(c3ccc(Cl)c(Cl)c3)C2=O)C1. The van der Waals surface area contributed by atoms with Gasteiger partial charge in [0, 0.05) is 25.3 Å². The average molecular weight is 393 g/mol. The largest absolute Gasteiger partial charge is 0.342 e. The van der Waals surface area contributed by atoms with E-state index in [4.69, 9.17) is 28.9 Å². The third-order valence-corrected chi connectivity index (χ3v) is 5.39. The molecule has 2 aliphatic rings. The van der Waals surface area contributed by atoms with Crippen molar-refractivity contribution in [3.8, 4) is 0 Å². The van der Waals surface area contributed by atoms with Gasteiger partial charge in [-0.3, -0.25) is 9.59 Å². The molecule has 2 heterocycles. The number of carbonyl (C=O) groups is 2. The quantitative estimate of drug-likeness (QED) is 0.804. The first-order valence-electron chi connectivity index (χ1n) is 7.76. The summed E-state index contributed by atoms with van der Waals surface area (Å²) in [6.45, 7) is 2.45. The number of anilines is 1. The van der Waals surface area contributed by atoms with Crippen LogP contribution in [0.25, 0.3) is 0 Å². The first-order chi connectivity index (χ1) is 11.0. The van der Waals surface area contributed by atoms with Crippen molar-refractivity contribution in [3.63, 3.8) is 0 Å². The molecule has 5 nitrogen and oxygen atoms in total. The highest BCUT2D eigenvalue weighted by Crippen LogP contribution is 2.32. The van der Waals surface area contributed by atoms with E-state index in [0.29, 0.717) is 54.3 Å². The summed E-state index contributed by atoms with van der Waals surface area (Å²) in [6, 6.07) is 5.07. The first-order valence-corrected chi connectivity index (χ1v) is 8.52. The highest BCUT2D eigenvalue weighted by molar-refractivity contribution is 6.42. The molecule has 0 bridgehead atoms. The maximum Gasteiger partial charge on any atom is 0.239 e. The summed E-state index contributed by atoms with van der Waals surface area (Å²) in [5, 5.41) is 0.844. The van der Waals surface area contributed by atoms with Crippen molar-refractivity contribution in [2.75, 3.05) is 31.1 Å². The number of rotatable bonds is 3. The van der Waals surface area contributed by atoms with Crippen molar-refractivity contribution in [2.24, 2.45) is 17.6 Å². The minimum Gasteiger partial charge on any atom is -0.342 e. The van der Waals surface area contributed by atoms with Gasteiger partial charge in [-0.25, -0.2) is 0 Å². The summed E-state index contributed by atoms with van der Waals surface area (Å²) in [5.41, 5.74) is 6.35. The lowest BCUT2D eigenvalue weighted by atomic mass is 10.1. The molecule has 2 N–H and O–H groups in total. The number of carbonyl (C=O) groups excluding carboxylic acids is 2. The van der Waals surface area contributed by atoms with E-state index in [1.54, 1.807) is 28.0 Å². The van der Waals surface area contributed by atoms with E-state index in [2.05, 4.69) is 0 Å². The van der Waals surface area contributed by atoms with Crippen LogP contribution in [0, 0.1) is 11.8 Å². The fraction of sp³-hybridized carbons (Fsp3) is 0.500. The van der Waals surface area contributed by atoms with Gasteiger partial charge in [-0.15, -0.1) is 12.4 Å². The van der Waals surface area contributed by atoms with E-state index >= 15 is 0 Å². The second-order valence-electron chi connectivity index (χ2n) is 6.10. The standard InChI is InChI=1S/C16H19Cl2N3O2.ClH/c17-13-2-1-11(7-14(13)18)21-6-4-12(16(21)23)15(22)20-5-3-10(8-19)9-20;/h1-2,7,10,12H,3-6,8-9,19H2;1H. The van der Waals surface area contributed by atoms with E-state index in [1.807, 2.05) is 0 Å². The Morgan fingerprint density at radius 3 is 2.58 bits per heavy atom. The zero-order valence-electron chi connectivity index (χ0n) is 13.1. The van der Waals surface area contributed by atoms with E-state index in [9.17, 15) is 9.59 Å². The Bertz CT molecular complexity index is 641. The number of amides is 2. The third-order valence-electron chi connectivity index (χ3n) is 4.65. The van der Waals surface area contributed by atoms with Crippen molar-refractivity contribution in [1.29, 1.82) is 0 Å². The molecule has 2 atom stereocenters. The van der Waals surface area contributed by atoms with Gasteiger partial charge >= 0.3 is 0 Å². The molecule has 2 fully saturated rings. The molecule has 0 aromatic heterocycles. The molecule has 2 amide bonds. The highest BCUT2D eigenvalue weighted by atomic mass is 35.5. The van der Waals surface area contributed by atoms with E-state index in [-0.39, 0.29) is 24.2 Å². The molecule has 2 unspecified atom stereocenters. The summed E-state index contributed by atoms with van der Waals surface area (Å²) in [4.78, 5) is 28.6. The van der Waals surface area contributed by atoms with Crippen LogP contribution in [-0.4, -0.2) is 42.9 Å². The molecular formula is C16H20Cl3N3O2. The third kappa shape index (κ3) is 3.64. The van der Waals surface area contributed by atoms with Crippen LogP contribution in [0.1, 0.15) is 12.8 Å². The van der Waals surface area contributed by atoms with Crippen LogP contribution in [0.3, 0.4) is 0 Å². The predicted molar refractivity (Wildman–Crippen MR) is 97.9 cm³/mol. The summed E-state index contributed by atoms with van der Waals surface area (Å²) < 4.78 is 0. The van der Waals surface area contributed by atoms with Crippen molar-refractivity contribution in [2.45, 2.75) is 12.8 Å². The summed E-state index contributed by atoms with van der Waals surface area (Å²) >= 11 is 11.9. The van der Waals surface area contributed by atoms with Gasteiger partial charge in [0.2, 0.25) is 11.8 Å². The second-order valence-corrected chi connectivity index (χ2v) is 6.92. The Hall–Kier alpha value is -1.01. The van der Waals surface area contributed by atoms with Gasteiger partial charge in [-0.05, 0) is 43.5 Å².